The number of pyridine rings is 1. The van der Waals surface area contributed by atoms with Gasteiger partial charge in [-0.05, 0) is 19.2 Å². The van der Waals surface area contributed by atoms with Gasteiger partial charge in [0.15, 0.2) is 0 Å². The van der Waals surface area contributed by atoms with Crippen molar-refractivity contribution in [3.05, 3.63) is 30.4 Å². The van der Waals surface area contributed by atoms with Crippen molar-refractivity contribution in [3.63, 3.8) is 0 Å². The zero-order valence-corrected chi connectivity index (χ0v) is 7.36. The molecule has 0 radical (unpaired) electrons. The second-order valence-corrected chi connectivity index (χ2v) is 2.89. The first-order valence-corrected chi connectivity index (χ1v) is 4.11. The molecule has 2 heterocycles. The summed E-state index contributed by atoms with van der Waals surface area (Å²) in [6.07, 6.45) is 3.45. The van der Waals surface area contributed by atoms with E-state index in [2.05, 4.69) is 10.3 Å². The van der Waals surface area contributed by atoms with Crippen molar-refractivity contribution in [3.8, 4) is 5.75 Å². The molecule has 0 aromatic carbocycles. The first-order chi connectivity index (χ1) is 6.31. The van der Waals surface area contributed by atoms with Crippen LogP contribution in [0.25, 0.3) is 5.52 Å². The van der Waals surface area contributed by atoms with Crippen molar-refractivity contribution in [1.29, 1.82) is 0 Å². The molecule has 2 rings (SSSR count). The molecule has 0 bridgehead atoms. The van der Waals surface area contributed by atoms with Crippen LogP contribution in [0.4, 0.5) is 0 Å². The smallest absolute Gasteiger partial charge is 0.132 e. The molecule has 0 spiro atoms. The number of rotatable bonds is 2. The van der Waals surface area contributed by atoms with Crippen LogP contribution in [0.15, 0.2) is 24.5 Å². The Hall–Kier alpha value is -1.55. The Morgan fingerprint density at radius 3 is 3.15 bits per heavy atom. The highest BCUT2D eigenvalue weighted by Gasteiger charge is 2.01. The Kier molecular flexibility index (Phi) is 1.90. The topological polar surface area (TPSA) is 49.6 Å². The number of imidazole rings is 1. The van der Waals surface area contributed by atoms with Crippen molar-refractivity contribution < 1.29 is 5.11 Å². The summed E-state index contributed by atoms with van der Waals surface area (Å²) in [5.41, 5.74) is 0.989. The molecule has 0 aliphatic heterocycles. The van der Waals surface area contributed by atoms with E-state index in [0.29, 0.717) is 6.54 Å². The molecule has 13 heavy (non-hydrogen) atoms. The van der Waals surface area contributed by atoms with Crippen molar-refractivity contribution in [2.75, 3.05) is 7.05 Å². The molecule has 2 aromatic rings. The largest absolute Gasteiger partial charge is 0.506 e. The fourth-order valence-corrected chi connectivity index (χ4v) is 1.32. The molecular formula is C9H11N3O. The second-order valence-electron chi connectivity index (χ2n) is 2.89. The number of aromatic nitrogens is 2. The Bertz CT molecular complexity index is 422. The number of nitrogens with zero attached hydrogens (tertiary/aromatic N) is 2. The van der Waals surface area contributed by atoms with Gasteiger partial charge in [0.25, 0.3) is 0 Å². The number of nitrogens with one attached hydrogen (secondary N) is 1. The van der Waals surface area contributed by atoms with Gasteiger partial charge in [-0.25, -0.2) is 4.98 Å². The Morgan fingerprint density at radius 1 is 1.54 bits per heavy atom. The predicted octanol–water partition coefficient (Wildman–Crippen LogP) is 0.759. The molecule has 2 N–H and O–H groups in total. The molecule has 0 unspecified atom stereocenters. The first kappa shape index (κ1) is 8.07. The molecule has 0 saturated heterocycles. The quantitative estimate of drug-likeness (QED) is 0.712. The van der Waals surface area contributed by atoms with Gasteiger partial charge in [0.2, 0.25) is 0 Å². The van der Waals surface area contributed by atoms with Gasteiger partial charge < -0.3 is 10.4 Å². The molecule has 0 aliphatic rings. The van der Waals surface area contributed by atoms with Gasteiger partial charge >= 0.3 is 0 Å². The van der Waals surface area contributed by atoms with Gasteiger partial charge in [-0.1, -0.05) is 0 Å². The van der Waals surface area contributed by atoms with Gasteiger partial charge in [-0.3, -0.25) is 4.40 Å². The fraction of sp³-hybridized carbons (Fsp3) is 0.222. The maximum absolute atomic E-state index is 9.27. The normalized spacial score (nSPS) is 10.8. The van der Waals surface area contributed by atoms with Crippen LogP contribution in [0, 0.1) is 0 Å². The molecule has 68 valence electrons. The van der Waals surface area contributed by atoms with Gasteiger partial charge in [-0.15, -0.1) is 0 Å². The van der Waals surface area contributed by atoms with Crippen LogP contribution in [-0.2, 0) is 6.54 Å². The van der Waals surface area contributed by atoms with Crippen molar-refractivity contribution in [2.24, 2.45) is 0 Å². The number of fused-ring (bicyclic) bond motifs is 1. The minimum atomic E-state index is 0.253. The standard InChI is InChI=1S/C9H11N3O/c1-10-5-9-11-4-7-2-3-8(13)6-12(7)9/h2-4,6,10,13H,5H2,1H3. The van der Waals surface area contributed by atoms with E-state index >= 15 is 0 Å². The van der Waals surface area contributed by atoms with Crippen LogP contribution in [0.3, 0.4) is 0 Å². The van der Waals surface area contributed by atoms with Crippen LogP contribution >= 0.6 is 0 Å². The average Bonchev–Trinajstić information content (AvgIpc) is 2.49. The number of hydrogen-bond donors (Lipinski definition) is 2. The van der Waals surface area contributed by atoms with E-state index in [4.69, 9.17) is 0 Å². The molecule has 0 aliphatic carbocycles. The Labute approximate surface area is 75.8 Å². The Morgan fingerprint density at radius 2 is 2.38 bits per heavy atom. The average molecular weight is 177 g/mol. The van der Waals surface area contributed by atoms with E-state index in [1.165, 1.54) is 0 Å². The minimum absolute atomic E-state index is 0.253. The molecule has 0 atom stereocenters. The van der Waals surface area contributed by atoms with Crippen LogP contribution < -0.4 is 5.32 Å². The van der Waals surface area contributed by atoms with Crippen LogP contribution in [-0.4, -0.2) is 21.5 Å². The van der Waals surface area contributed by atoms with E-state index in [0.717, 1.165) is 11.3 Å². The van der Waals surface area contributed by atoms with Gasteiger partial charge in [0, 0.05) is 0 Å². The lowest BCUT2D eigenvalue weighted by atomic mass is 10.4. The van der Waals surface area contributed by atoms with E-state index < -0.39 is 0 Å². The van der Waals surface area contributed by atoms with Crippen LogP contribution in [0.1, 0.15) is 5.82 Å². The molecule has 4 nitrogen and oxygen atoms in total. The summed E-state index contributed by atoms with van der Waals surface area (Å²) >= 11 is 0. The van der Waals surface area contributed by atoms with Gasteiger partial charge in [0.05, 0.1) is 24.5 Å². The highest BCUT2D eigenvalue weighted by molar-refractivity contribution is 5.47. The molecule has 4 heteroatoms. The third-order valence-corrected chi connectivity index (χ3v) is 1.92. The lowest BCUT2D eigenvalue weighted by Crippen LogP contribution is -2.08. The molecular weight excluding hydrogens is 166 g/mol. The zero-order chi connectivity index (χ0) is 9.26. The molecule has 0 amide bonds. The summed E-state index contributed by atoms with van der Waals surface area (Å²) in [6, 6.07) is 3.49. The summed E-state index contributed by atoms with van der Waals surface area (Å²) < 4.78 is 1.87. The highest BCUT2D eigenvalue weighted by Crippen LogP contribution is 2.13. The predicted molar refractivity (Wildman–Crippen MR) is 49.6 cm³/mol. The second kappa shape index (κ2) is 3.06. The monoisotopic (exact) mass is 177 g/mol. The number of hydrogen-bond acceptors (Lipinski definition) is 3. The van der Waals surface area contributed by atoms with E-state index in [1.807, 2.05) is 17.5 Å². The van der Waals surface area contributed by atoms with E-state index in [1.54, 1.807) is 18.5 Å². The zero-order valence-electron chi connectivity index (χ0n) is 7.36. The van der Waals surface area contributed by atoms with Crippen LogP contribution in [0.5, 0.6) is 5.75 Å². The number of aromatic hydroxyl groups is 1. The Balaban J connectivity index is 2.58. The minimum Gasteiger partial charge on any atom is -0.506 e. The fourth-order valence-electron chi connectivity index (χ4n) is 1.32. The van der Waals surface area contributed by atoms with E-state index in [9.17, 15) is 5.11 Å². The maximum atomic E-state index is 9.27. The third-order valence-electron chi connectivity index (χ3n) is 1.92. The lowest BCUT2D eigenvalue weighted by Gasteiger charge is -2.00. The van der Waals surface area contributed by atoms with Crippen molar-refractivity contribution in [1.82, 2.24) is 14.7 Å². The lowest BCUT2D eigenvalue weighted by molar-refractivity contribution is 0.471. The maximum Gasteiger partial charge on any atom is 0.132 e. The third kappa shape index (κ3) is 1.36. The summed E-state index contributed by atoms with van der Waals surface area (Å²) in [6.45, 7) is 0.692. The van der Waals surface area contributed by atoms with Gasteiger partial charge in [0.1, 0.15) is 11.6 Å². The van der Waals surface area contributed by atoms with Crippen molar-refractivity contribution in [2.45, 2.75) is 6.54 Å². The first-order valence-electron chi connectivity index (χ1n) is 4.11. The van der Waals surface area contributed by atoms with Crippen LogP contribution in [0.2, 0.25) is 0 Å². The summed E-state index contributed by atoms with van der Waals surface area (Å²) in [7, 11) is 1.86. The highest BCUT2D eigenvalue weighted by atomic mass is 16.3. The molecule has 0 saturated carbocycles. The van der Waals surface area contributed by atoms with Crippen molar-refractivity contribution >= 4 is 5.52 Å². The summed E-state index contributed by atoms with van der Waals surface area (Å²) in [4.78, 5) is 4.22. The SMILES string of the molecule is CNCc1ncc2ccc(O)cn12. The summed E-state index contributed by atoms with van der Waals surface area (Å²) in [5.74, 6) is 1.15. The molecule has 0 fully saturated rings. The van der Waals surface area contributed by atoms with E-state index in [-0.39, 0.29) is 5.75 Å². The molecule has 2 aromatic heterocycles. The van der Waals surface area contributed by atoms with Gasteiger partial charge in [-0.2, -0.15) is 0 Å². The summed E-state index contributed by atoms with van der Waals surface area (Å²) in [5, 5.41) is 12.3.